The average molecular weight is 366 g/mol. The van der Waals surface area contributed by atoms with Crippen LogP contribution in [-0.2, 0) is 9.59 Å². The van der Waals surface area contributed by atoms with Crippen LogP contribution in [0, 0.1) is 0 Å². The molecule has 7 atom stereocenters. The van der Waals surface area contributed by atoms with Gasteiger partial charge >= 0.3 is 11.9 Å². The Bertz CT molecular complexity index is 519. The first-order valence-electron chi connectivity index (χ1n) is 7.37. The summed E-state index contributed by atoms with van der Waals surface area (Å²) in [6.45, 7) is 0. The molecule has 0 aromatic heterocycles. The molecule has 1 fully saturated rings. The van der Waals surface area contributed by atoms with Crippen LogP contribution in [0.25, 0.3) is 0 Å². The molecule has 3 unspecified atom stereocenters. The highest BCUT2D eigenvalue weighted by Crippen LogP contribution is 2.29. The Morgan fingerprint density at radius 2 is 1.36 bits per heavy atom. The van der Waals surface area contributed by atoms with Crippen molar-refractivity contribution in [3.05, 3.63) is 11.6 Å². The third kappa shape index (κ3) is 5.19. The van der Waals surface area contributed by atoms with Crippen LogP contribution in [0.15, 0.2) is 11.6 Å². The molecule has 0 radical (unpaired) electrons. The fourth-order valence-electron chi connectivity index (χ4n) is 2.55. The summed E-state index contributed by atoms with van der Waals surface area (Å²) in [5.74, 6) is -2.68. The second kappa shape index (κ2) is 8.19. The molecule has 2 aliphatic carbocycles. The van der Waals surface area contributed by atoms with Gasteiger partial charge in [0.2, 0.25) is 0 Å². The zero-order chi connectivity index (χ0) is 19.5. The largest absolute Gasteiger partial charge is 0.479 e. The van der Waals surface area contributed by atoms with E-state index in [1.165, 1.54) is 0 Å². The molecule has 11 nitrogen and oxygen atoms in total. The number of aliphatic carboxylic acids is 2. The molecule has 144 valence electrons. The van der Waals surface area contributed by atoms with Crippen LogP contribution < -0.4 is 0 Å². The van der Waals surface area contributed by atoms with Gasteiger partial charge in [-0.15, -0.1) is 0 Å². The van der Waals surface area contributed by atoms with E-state index in [9.17, 15) is 14.7 Å². The number of aliphatic hydroxyl groups is 7. The Hall–Kier alpha value is -1.60. The Kier molecular flexibility index (Phi) is 7.02. The molecule has 0 aliphatic heterocycles. The summed E-state index contributed by atoms with van der Waals surface area (Å²) in [5, 5.41) is 80.8. The summed E-state index contributed by atoms with van der Waals surface area (Å²) >= 11 is 0. The van der Waals surface area contributed by atoms with Crippen molar-refractivity contribution in [1.29, 1.82) is 0 Å². The van der Waals surface area contributed by atoms with E-state index < -0.39 is 67.0 Å². The van der Waals surface area contributed by atoms with Gasteiger partial charge in [0.15, 0.2) is 5.60 Å². The topological polar surface area (TPSA) is 216 Å². The van der Waals surface area contributed by atoms with Crippen molar-refractivity contribution in [2.45, 2.75) is 61.5 Å². The third-order valence-electron chi connectivity index (χ3n) is 4.10. The minimum atomic E-state index is -2.14. The van der Waals surface area contributed by atoms with E-state index in [2.05, 4.69) is 0 Å². The summed E-state index contributed by atoms with van der Waals surface area (Å²) in [6.07, 6.45) is -8.02. The first-order valence-corrected chi connectivity index (χ1v) is 7.37. The Labute approximate surface area is 141 Å². The van der Waals surface area contributed by atoms with E-state index in [4.69, 9.17) is 40.9 Å². The predicted molar refractivity (Wildman–Crippen MR) is 78.2 cm³/mol. The lowest BCUT2D eigenvalue weighted by Crippen LogP contribution is -2.56. The zero-order valence-electron chi connectivity index (χ0n) is 13.0. The van der Waals surface area contributed by atoms with Crippen molar-refractivity contribution < 1.29 is 55.5 Å². The quantitative estimate of drug-likeness (QED) is 0.230. The molecule has 25 heavy (non-hydrogen) atoms. The molecule has 0 spiro atoms. The number of rotatable bonds is 2. The number of aliphatic hydroxyl groups excluding tert-OH is 6. The number of carboxylic acids is 2. The van der Waals surface area contributed by atoms with Gasteiger partial charge in [-0.25, -0.2) is 9.59 Å². The highest BCUT2D eigenvalue weighted by atomic mass is 16.4. The number of hydrogen-bond acceptors (Lipinski definition) is 9. The van der Waals surface area contributed by atoms with E-state index in [-0.39, 0.29) is 12.0 Å². The highest BCUT2D eigenvalue weighted by Gasteiger charge is 2.48. The number of hydrogen-bond donors (Lipinski definition) is 9. The van der Waals surface area contributed by atoms with Gasteiger partial charge in [0, 0.05) is 24.8 Å². The third-order valence-corrected chi connectivity index (χ3v) is 4.10. The molecule has 0 saturated heterocycles. The number of carboxylic acid groups (broad SMARTS) is 2. The Balaban J connectivity index is 0.000000251. The van der Waals surface area contributed by atoms with Crippen molar-refractivity contribution in [3.63, 3.8) is 0 Å². The molecule has 0 aromatic rings. The maximum absolute atomic E-state index is 10.5. The maximum Gasteiger partial charge on any atom is 0.335 e. The van der Waals surface area contributed by atoms with Gasteiger partial charge in [0.05, 0.1) is 18.3 Å². The van der Waals surface area contributed by atoms with Crippen LogP contribution in [0.4, 0.5) is 0 Å². The summed E-state index contributed by atoms with van der Waals surface area (Å²) in [7, 11) is 0. The molecule has 11 heteroatoms. The Morgan fingerprint density at radius 1 is 0.880 bits per heavy atom. The highest BCUT2D eigenvalue weighted by molar-refractivity contribution is 5.87. The summed E-state index contributed by atoms with van der Waals surface area (Å²) in [5.41, 5.74) is -2.21. The molecular weight excluding hydrogens is 344 g/mol. The number of carbonyl (C=O) groups is 2. The fraction of sp³-hybridized carbons (Fsp3) is 0.714. The molecule has 9 N–H and O–H groups in total. The molecule has 1 saturated carbocycles. The predicted octanol–water partition coefficient (Wildman–Crippen LogP) is -3.84. The first-order chi connectivity index (χ1) is 11.4. The van der Waals surface area contributed by atoms with E-state index in [0.717, 1.165) is 6.08 Å². The SMILES string of the molecule is O=C(O)C1(O)CC(O)C(O)[C@H](O)C1.O=C(O)C1=C[C@@H](O)[C@@H](O)[C@H](O)C1. The van der Waals surface area contributed by atoms with Gasteiger partial charge in [-0.05, 0) is 6.08 Å². The smallest absolute Gasteiger partial charge is 0.335 e. The molecule has 0 bridgehead atoms. The molecule has 2 rings (SSSR count). The van der Waals surface area contributed by atoms with Gasteiger partial charge in [-0.2, -0.15) is 0 Å². The standard InChI is InChI=1S/C7H12O6.C7H10O5/c8-3-1-7(13,6(11)12)2-4(9)5(3)10;8-4-1-3(7(11)12)2-5(9)6(4)10/h3-5,8-10,13H,1-2H2,(H,11,12);1,4-6,8-10H,2H2,(H,11,12)/t3-,4?,5?,7?;4-,5-,6-/m11/s1. The van der Waals surface area contributed by atoms with Crippen molar-refractivity contribution in [3.8, 4) is 0 Å². The first kappa shape index (κ1) is 21.4. The van der Waals surface area contributed by atoms with E-state index in [1.54, 1.807) is 0 Å². The van der Waals surface area contributed by atoms with E-state index >= 15 is 0 Å². The summed E-state index contributed by atoms with van der Waals surface area (Å²) in [6, 6.07) is 0. The van der Waals surface area contributed by atoms with Crippen molar-refractivity contribution in [2.24, 2.45) is 0 Å². The minimum absolute atomic E-state index is 0.0692. The van der Waals surface area contributed by atoms with E-state index in [0.29, 0.717) is 0 Å². The van der Waals surface area contributed by atoms with Gasteiger partial charge in [-0.3, -0.25) is 0 Å². The van der Waals surface area contributed by atoms with Crippen molar-refractivity contribution in [1.82, 2.24) is 0 Å². The maximum atomic E-state index is 10.5. The summed E-state index contributed by atoms with van der Waals surface area (Å²) in [4.78, 5) is 20.9. The second-order valence-electron chi connectivity index (χ2n) is 6.12. The van der Waals surface area contributed by atoms with Crippen LogP contribution in [0.2, 0.25) is 0 Å². The lowest BCUT2D eigenvalue weighted by Gasteiger charge is -2.37. The molecule has 2 aliphatic rings. The lowest BCUT2D eigenvalue weighted by molar-refractivity contribution is -0.187. The van der Waals surface area contributed by atoms with Crippen LogP contribution >= 0.6 is 0 Å². The van der Waals surface area contributed by atoms with Crippen LogP contribution in [0.1, 0.15) is 19.3 Å². The Morgan fingerprint density at radius 3 is 1.72 bits per heavy atom. The van der Waals surface area contributed by atoms with Crippen molar-refractivity contribution in [2.75, 3.05) is 0 Å². The monoisotopic (exact) mass is 366 g/mol. The van der Waals surface area contributed by atoms with Crippen molar-refractivity contribution >= 4 is 11.9 Å². The molecule has 0 amide bonds. The normalized spacial score (nSPS) is 41.2. The zero-order valence-corrected chi connectivity index (χ0v) is 13.0. The van der Waals surface area contributed by atoms with Gasteiger partial charge in [0.25, 0.3) is 0 Å². The van der Waals surface area contributed by atoms with Crippen LogP contribution in [-0.4, -0.2) is 100 Å². The van der Waals surface area contributed by atoms with Gasteiger partial charge in [0.1, 0.15) is 18.3 Å². The summed E-state index contributed by atoms with van der Waals surface area (Å²) < 4.78 is 0. The second-order valence-corrected chi connectivity index (χ2v) is 6.12. The fourth-order valence-corrected chi connectivity index (χ4v) is 2.55. The van der Waals surface area contributed by atoms with Crippen LogP contribution in [0.5, 0.6) is 0 Å². The minimum Gasteiger partial charge on any atom is -0.479 e. The van der Waals surface area contributed by atoms with E-state index in [1.807, 2.05) is 0 Å². The average Bonchev–Trinajstić information content (AvgIpc) is 2.50. The molecule has 0 aromatic carbocycles. The van der Waals surface area contributed by atoms with Gasteiger partial charge in [-0.1, -0.05) is 0 Å². The van der Waals surface area contributed by atoms with Crippen LogP contribution in [0.3, 0.4) is 0 Å². The van der Waals surface area contributed by atoms with Gasteiger partial charge < -0.3 is 46.0 Å². The molecular formula is C14H22O11. The molecule has 0 heterocycles. The lowest BCUT2D eigenvalue weighted by atomic mass is 9.80.